The number of nitrogens with zero attached hydrogens (tertiary/aromatic N) is 3. The summed E-state index contributed by atoms with van der Waals surface area (Å²) in [5, 5.41) is 22.5. The van der Waals surface area contributed by atoms with Gasteiger partial charge in [0.2, 0.25) is 5.91 Å². The summed E-state index contributed by atoms with van der Waals surface area (Å²) in [5.41, 5.74) is 3.09. The summed E-state index contributed by atoms with van der Waals surface area (Å²) in [6.45, 7) is 1.09. The number of hydrogen-bond acceptors (Lipinski definition) is 10. The van der Waals surface area contributed by atoms with E-state index >= 15 is 0 Å². The van der Waals surface area contributed by atoms with Crippen LogP contribution in [0.15, 0.2) is 42.5 Å². The number of amides is 2. The predicted molar refractivity (Wildman–Crippen MR) is 158 cm³/mol. The van der Waals surface area contributed by atoms with Crippen LogP contribution >= 0.6 is 0 Å². The molecule has 0 radical (unpaired) electrons. The third kappa shape index (κ3) is 5.16. The number of benzene rings is 2. The molecule has 1 saturated carbocycles. The molecule has 2 aromatic carbocycles. The quantitative estimate of drug-likeness (QED) is 0.221. The lowest BCUT2D eigenvalue weighted by atomic mass is 9.81. The van der Waals surface area contributed by atoms with Crippen LogP contribution in [0.5, 0.6) is 23.0 Å². The number of carbonyl (C=O) groups excluding carboxylic acids is 2. The van der Waals surface area contributed by atoms with Gasteiger partial charge in [-0.3, -0.25) is 9.59 Å². The Morgan fingerprint density at radius 1 is 1.12 bits per heavy atom. The maximum Gasteiger partial charge on any atom is 0.586 e. The lowest BCUT2D eigenvalue weighted by Gasteiger charge is -2.30. The van der Waals surface area contributed by atoms with E-state index in [9.17, 15) is 32.3 Å². The van der Waals surface area contributed by atoms with Gasteiger partial charge >= 0.3 is 6.29 Å². The molecule has 48 heavy (non-hydrogen) atoms. The molecule has 2 aliphatic heterocycles. The number of nitrogens with one attached hydrogen (secondary N) is 1. The van der Waals surface area contributed by atoms with E-state index in [-0.39, 0.29) is 75.5 Å². The number of rotatable bonds is 9. The summed E-state index contributed by atoms with van der Waals surface area (Å²) in [4.78, 5) is 30.8. The predicted octanol–water partition coefficient (Wildman–Crippen LogP) is 4.12. The second-order valence-corrected chi connectivity index (χ2v) is 12.1. The van der Waals surface area contributed by atoms with Crippen LogP contribution in [0.25, 0.3) is 22.2 Å². The third-order valence-corrected chi connectivity index (χ3v) is 8.88. The molecule has 2 aromatic heterocycles. The molecule has 0 bridgehead atoms. The van der Waals surface area contributed by atoms with E-state index in [1.165, 1.54) is 43.5 Å². The first kappa shape index (κ1) is 31.4. The van der Waals surface area contributed by atoms with E-state index in [1.54, 1.807) is 6.92 Å². The Balaban J connectivity index is 1.27. The van der Waals surface area contributed by atoms with Crippen molar-refractivity contribution in [1.29, 1.82) is 0 Å². The zero-order valence-corrected chi connectivity index (χ0v) is 25.4. The number of pyridine rings is 1. The van der Waals surface area contributed by atoms with Gasteiger partial charge in [-0.15, -0.1) is 19.0 Å². The van der Waals surface area contributed by atoms with Crippen molar-refractivity contribution in [2.45, 2.75) is 43.5 Å². The standard InChI is InChI=1S/C32H27F4N5O7/c1-30(29(37)43)13-46-26-18(30)11-23(39-25(26)14-3-6-20-21(9-14)48-32(35,36)47-20)31(44,17-4-5-17)12-38-28(42)16-7-15-8-19(27(33)34)40-41-24(15)22(10-16)45-2/h3,6-11,17,27,44H,4-5,12-13H2,1-2H3,(H2,37,43)(H,38,42)/t30-,31+/m0/s1. The van der Waals surface area contributed by atoms with Gasteiger partial charge in [0.15, 0.2) is 11.5 Å². The fourth-order valence-electron chi connectivity index (χ4n) is 5.96. The molecule has 0 unspecified atom stereocenters. The molecule has 7 rings (SSSR count). The van der Waals surface area contributed by atoms with Gasteiger partial charge in [-0.1, -0.05) is 0 Å². The van der Waals surface area contributed by atoms with Crippen LogP contribution in [0.2, 0.25) is 0 Å². The fourth-order valence-corrected chi connectivity index (χ4v) is 5.96. The smallest absolute Gasteiger partial charge is 0.494 e. The summed E-state index contributed by atoms with van der Waals surface area (Å²) in [7, 11) is 1.33. The number of alkyl halides is 4. The first-order valence-electron chi connectivity index (χ1n) is 14.8. The average molecular weight is 670 g/mol. The topological polar surface area (TPSA) is 168 Å². The van der Waals surface area contributed by atoms with Crippen LogP contribution in [0.4, 0.5) is 17.6 Å². The SMILES string of the molecule is COc1cc(C(=O)NC[C@](O)(c2cc3c(c(-c4ccc5c(c4)OC(F)(F)O5)n2)OC[C@]3(C)C(N)=O)C2CC2)cc2cc(C(F)F)nnc12. The molecule has 0 spiro atoms. The third-order valence-electron chi connectivity index (χ3n) is 8.88. The summed E-state index contributed by atoms with van der Waals surface area (Å²) >= 11 is 0. The molecule has 250 valence electrons. The number of aliphatic hydroxyl groups is 1. The Labute approximate surface area is 269 Å². The molecule has 3 aliphatic rings. The summed E-state index contributed by atoms with van der Waals surface area (Å²) in [6, 6.07) is 9.35. The van der Waals surface area contributed by atoms with Gasteiger partial charge in [-0.25, -0.2) is 13.8 Å². The van der Waals surface area contributed by atoms with Gasteiger partial charge in [0.1, 0.15) is 46.0 Å². The Bertz CT molecular complexity index is 2010. The maximum atomic E-state index is 13.8. The van der Waals surface area contributed by atoms with Crippen molar-refractivity contribution in [1.82, 2.24) is 20.5 Å². The molecule has 12 nitrogen and oxygen atoms in total. The lowest BCUT2D eigenvalue weighted by Crippen LogP contribution is -2.44. The largest absolute Gasteiger partial charge is 0.586 e. The van der Waals surface area contributed by atoms with Crippen molar-refractivity contribution in [3.05, 3.63) is 65.0 Å². The van der Waals surface area contributed by atoms with Crippen molar-refractivity contribution in [3.8, 4) is 34.3 Å². The fraction of sp³-hybridized carbons (Fsp3) is 0.344. The Morgan fingerprint density at radius 3 is 2.56 bits per heavy atom. The Hall–Kier alpha value is -5.25. The monoisotopic (exact) mass is 669 g/mol. The Morgan fingerprint density at radius 2 is 1.88 bits per heavy atom. The molecule has 16 heteroatoms. The molecule has 4 aromatic rings. The molecule has 2 amide bonds. The number of hydrogen-bond donors (Lipinski definition) is 3. The van der Waals surface area contributed by atoms with E-state index in [1.807, 2.05) is 0 Å². The Kier molecular flexibility index (Phi) is 7.12. The van der Waals surface area contributed by atoms with Crippen LogP contribution in [-0.4, -0.2) is 58.7 Å². The molecule has 0 saturated heterocycles. The molecule has 1 aliphatic carbocycles. The van der Waals surface area contributed by atoms with E-state index < -0.39 is 41.2 Å². The highest BCUT2D eigenvalue weighted by Crippen LogP contribution is 2.51. The van der Waals surface area contributed by atoms with E-state index in [0.717, 1.165) is 6.07 Å². The van der Waals surface area contributed by atoms with Crippen LogP contribution in [0.1, 0.15) is 53.5 Å². The van der Waals surface area contributed by atoms with Crippen molar-refractivity contribution in [3.63, 3.8) is 0 Å². The summed E-state index contributed by atoms with van der Waals surface area (Å²) < 4.78 is 74.6. The van der Waals surface area contributed by atoms with Crippen molar-refractivity contribution < 1.29 is 51.2 Å². The highest BCUT2D eigenvalue weighted by atomic mass is 19.3. The minimum Gasteiger partial charge on any atom is -0.494 e. The van der Waals surface area contributed by atoms with Gasteiger partial charge in [-0.05, 0) is 68.1 Å². The summed E-state index contributed by atoms with van der Waals surface area (Å²) in [6.07, 6.45) is -5.58. The molecule has 4 heterocycles. The van der Waals surface area contributed by atoms with Crippen LogP contribution in [0, 0.1) is 5.92 Å². The number of ether oxygens (including phenoxy) is 4. The van der Waals surface area contributed by atoms with Gasteiger partial charge in [0.25, 0.3) is 12.3 Å². The van der Waals surface area contributed by atoms with Crippen LogP contribution in [0.3, 0.4) is 0 Å². The molecular formula is C32H27F4N5O7. The average Bonchev–Trinajstić information content (AvgIpc) is 3.79. The molecule has 2 atom stereocenters. The first-order valence-corrected chi connectivity index (χ1v) is 14.8. The highest BCUT2D eigenvalue weighted by Gasteiger charge is 2.50. The minimum absolute atomic E-state index is 0.0418. The zero-order chi connectivity index (χ0) is 34.2. The second-order valence-electron chi connectivity index (χ2n) is 12.1. The van der Waals surface area contributed by atoms with Gasteiger partial charge in [-0.2, -0.15) is 0 Å². The number of primary amides is 1. The van der Waals surface area contributed by atoms with Crippen molar-refractivity contribution >= 4 is 22.7 Å². The highest BCUT2D eigenvalue weighted by molar-refractivity contribution is 6.00. The number of nitrogens with two attached hydrogens (primary N) is 1. The number of carbonyl (C=O) groups is 2. The second kappa shape index (κ2) is 10.9. The minimum atomic E-state index is -3.86. The molecule has 4 N–H and O–H groups in total. The molecular weight excluding hydrogens is 642 g/mol. The van der Waals surface area contributed by atoms with Crippen molar-refractivity contribution in [2.75, 3.05) is 20.3 Å². The number of methoxy groups -OCH3 is 1. The van der Waals surface area contributed by atoms with Crippen LogP contribution in [-0.2, 0) is 15.8 Å². The number of aromatic nitrogens is 3. The van der Waals surface area contributed by atoms with Crippen LogP contribution < -0.4 is 30.0 Å². The maximum absolute atomic E-state index is 13.8. The number of halogens is 4. The summed E-state index contributed by atoms with van der Waals surface area (Å²) in [5.74, 6) is -1.88. The van der Waals surface area contributed by atoms with Gasteiger partial charge in [0.05, 0.1) is 19.3 Å². The number of fused-ring (bicyclic) bond motifs is 3. The van der Waals surface area contributed by atoms with Crippen molar-refractivity contribution in [2.24, 2.45) is 11.7 Å². The van der Waals surface area contributed by atoms with E-state index in [2.05, 4.69) is 25.0 Å². The normalized spacial score (nSPS) is 20.2. The van der Waals surface area contributed by atoms with Gasteiger partial charge < -0.3 is 35.1 Å². The van der Waals surface area contributed by atoms with Gasteiger partial charge in [0, 0.05) is 22.1 Å². The lowest BCUT2D eigenvalue weighted by molar-refractivity contribution is -0.286. The van der Waals surface area contributed by atoms with E-state index in [0.29, 0.717) is 18.4 Å². The first-order chi connectivity index (χ1) is 22.7. The molecule has 1 fully saturated rings. The zero-order valence-electron chi connectivity index (χ0n) is 25.4. The van der Waals surface area contributed by atoms with E-state index in [4.69, 9.17) is 20.2 Å².